The van der Waals surface area contributed by atoms with E-state index in [0.717, 1.165) is 16.7 Å². The molecule has 3 aromatic carbocycles. The molecule has 0 spiro atoms. The van der Waals surface area contributed by atoms with E-state index in [4.69, 9.17) is 11.6 Å². The molecular weight excluding hydrogens is 488 g/mol. The third-order valence-electron chi connectivity index (χ3n) is 5.13. The maximum atomic E-state index is 12.7. The van der Waals surface area contributed by atoms with Crippen molar-refractivity contribution < 1.29 is 23.1 Å². The Morgan fingerprint density at radius 2 is 1.51 bits per heavy atom. The Labute approximate surface area is 209 Å². The van der Waals surface area contributed by atoms with Gasteiger partial charge in [-0.25, -0.2) is 8.42 Å². The SMILES string of the molecule is O=C(/C=C/c1ccccc1)NCCCC(NS(=O)(=O)c1ccc(-c2ccc(Cl)cc2)cc1)C(=O)O. The van der Waals surface area contributed by atoms with Crippen LogP contribution >= 0.6 is 11.6 Å². The predicted molar refractivity (Wildman–Crippen MR) is 136 cm³/mol. The molecule has 0 aliphatic rings. The summed E-state index contributed by atoms with van der Waals surface area (Å²) in [6, 6.07) is 21.2. The summed E-state index contributed by atoms with van der Waals surface area (Å²) >= 11 is 5.90. The average Bonchev–Trinajstić information content (AvgIpc) is 2.85. The lowest BCUT2D eigenvalue weighted by Crippen LogP contribution is -2.41. The number of hydrogen-bond donors (Lipinski definition) is 3. The molecular formula is C26H25ClN2O5S. The van der Waals surface area contributed by atoms with Crippen molar-refractivity contribution in [1.29, 1.82) is 0 Å². The molecule has 0 aliphatic carbocycles. The Balaban J connectivity index is 1.53. The maximum absolute atomic E-state index is 12.7. The van der Waals surface area contributed by atoms with Gasteiger partial charge in [-0.1, -0.05) is 66.2 Å². The number of aliphatic carboxylic acids is 1. The summed E-state index contributed by atoms with van der Waals surface area (Å²) in [6.07, 6.45) is 3.35. The van der Waals surface area contributed by atoms with E-state index < -0.39 is 22.0 Å². The first-order valence-corrected chi connectivity index (χ1v) is 12.7. The summed E-state index contributed by atoms with van der Waals surface area (Å²) in [5.74, 6) is -1.61. The molecule has 1 unspecified atom stereocenters. The summed E-state index contributed by atoms with van der Waals surface area (Å²) in [4.78, 5) is 23.5. The number of carboxylic acid groups (broad SMARTS) is 1. The normalized spacial score (nSPS) is 12.4. The number of amides is 1. The maximum Gasteiger partial charge on any atom is 0.321 e. The number of benzene rings is 3. The minimum atomic E-state index is -4.05. The number of carbonyl (C=O) groups excluding carboxylic acids is 1. The van der Waals surface area contributed by atoms with Crippen molar-refractivity contribution in [3.8, 4) is 11.1 Å². The number of halogens is 1. The molecule has 3 aromatic rings. The van der Waals surface area contributed by atoms with E-state index in [1.54, 1.807) is 30.3 Å². The Kier molecular flexibility index (Phi) is 9.19. The largest absolute Gasteiger partial charge is 0.480 e. The van der Waals surface area contributed by atoms with Crippen LogP contribution in [-0.4, -0.2) is 38.0 Å². The highest BCUT2D eigenvalue weighted by Crippen LogP contribution is 2.23. The standard InChI is InChI=1S/C26H25ClN2O5S/c27-22-13-9-20(10-14-22)21-11-15-23(16-12-21)35(33,34)29-24(26(31)32)7-4-18-28-25(30)17-8-19-5-2-1-3-6-19/h1-3,5-6,8-17,24,29H,4,7,18H2,(H,28,30)(H,31,32)/b17-8+. The average molecular weight is 513 g/mol. The van der Waals surface area contributed by atoms with Gasteiger partial charge in [0.15, 0.2) is 0 Å². The van der Waals surface area contributed by atoms with Gasteiger partial charge in [-0.3, -0.25) is 9.59 Å². The first-order chi connectivity index (χ1) is 16.7. The molecule has 182 valence electrons. The molecule has 1 atom stereocenters. The van der Waals surface area contributed by atoms with Crippen molar-refractivity contribution in [3.05, 3.63) is 95.5 Å². The summed E-state index contributed by atoms with van der Waals surface area (Å²) in [5, 5.41) is 12.7. The van der Waals surface area contributed by atoms with Crippen molar-refractivity contribution in [1.82, 2.24) is 10.0 Å². The Morgan fingerprint density at radius 3 is 2.11 bits per heavy atom. The van der Waals surface area contributed by atoms with Gasteiger partial charge in [-0.2, -0.15) is 4.72 Å². The van der Waals surface area contributed by atoms with Crippen LogP contribution in [-0.2, 0) is 19.6 Å². The Morgan fingerprint density at radius 1 is 0.914 bits per heavy atom. The molecule has 35 heavy (non-hydrogen) atoms. The fourth-order valence-corrected chi connectivity index (χ4v) is 4.62. The number of sulfonamides is 1. The number of carboxylic acids is 1. The molecule has 0 saturated carbocycles. The second-order valence-corrected chi connectivity index (χ2v) is 9.87. The Hall–Kier alpha value is -3.46. The lowest BCUT2D eigenvalue weighted by molar-refractivity contribution is -0.139. The first-order valence-electron chi connectivity index (χ1n) is 10.9. The molecule has 0 radical (unpaired) electrons. The molecule has 0 heterocycles. The van der Waals surface area contributed by atoms with Gasteiger partial charge in [0.1, 0.15) is 6.04 Å². The minimum absolute atomic E-state index is 0.0140. The fraction of sp³-hybridized carbons (Fsp3) is 0.154. The highest BCUT2D eigenvalue weighted by molar-refractivity contribution is 7.89. The van der Waals surface area contributed by atoms with Crippen LogP contribution in [0.4, 0.5) is 0 Å². The second-order valence-electron chi connectivity index (χ2n) is 7.72. The summed E-state index contributed by atoms with van der Waals surface area (Å²) in [7, 11) is -4.05. The van der Waals surface area contributed by atoms with Crippen molar-refractivity contribution in [2.24, 2.45) is 0 Å². The zero-order valence-corrected chi connectivity index (χ0v) is 20.3. The highest BCUT2D eigenvalue weighted by atomic mass is 35.5. The van der Waals surface area contributed by atoms with Gasteiger partial charge in [0.2, 0.25) is 15.9 Å². The zero-order chi connectivity index (χ0) is 25.3. The van der Waals surface area contributed by atoms with Gasteiger partial charge in [-0.15, -0.1) is 0 Å². The lowest BCUT2D eigenvalue weighted by atomic mass is 10.1. The Bertz CT molecular complexity index is 1280. The fourth-order valence-electron chi connectivity index (χ4n) is 3.27. The van der Waals surface area contributed by atoms with Gasteiger partial charge in [0.25, 0.3) is 0 Å². The van der Waals surface area contributed by atoms with Gasteiger partial charge < -0.3 is 10.4 Å². The van der Waals surface area contributed by atoms with Crippen molar-refractivity contribution in [2.45, 2.75) is 23.8 Å². The molecule has 9 heteroatoms. The monoisotopic (exact) mass is 512 g/mol. The number of hydrogen-bond acceptors (Lipinski definition) is 4. The summed E-state index contributed by atoms with van der Waals surface area (Å²) in [6.45, 7) is 0.208. The summed E-state index contributed by atoms with van der Waals surface area (Å²) in [5.41, 5.74) is 2.55. The molecule has 3 rings (SSSR count). The molecule has 0 aromatic heterocycles. The van der Waals surface area contributed by atoms with Crippen molar-refractivity contribution >= 4 is 39.6 Å². The van der Waals surface area contributed by atoms with E-state index in [1.165, 1.54) is 18.2 Å². The molecule has 0 saturated heterocycles. The summed E-state index contributed by atoms with van der Waals surface area (Å²) < 4.78 is 27.7. The van der Waals surface area contributed by atoms with Crippen LogP contribution in [0.25, 0.3) is 17.2 Å². The smallest absolute Gasteiger partial charge is 0.321 e. The molecule has 7 nitrogen and oxygen atoms in total. The van der Waals surface area contributed by atoms with Crippen LogP contribution in [0.5, 0.6) is 0 Å². The van der Waals surface area contributed by atoms with Crippen LogP contribution < -0.4 is 10.0 Å². The van der Waals surface area contributed by atoms with Crippen molar-refractivity contribution in [3.63, 3.8) is 0 Å². The quantitative estimate of drug-likeness (QED) is 0.261. The topological polar surface area (TPSA) is 113 Å². The van der Waals surface area contributed by atoms with Crippen LogP contribution in [0.15, 0.2) is 89.8 Å². The third-order valence-corrected chi connectivity index (χ3v) is 6.87. The van der Waals surface area contributed by atoms with Crippen LogP contribution in [0, 0.1) is 0 Å². The predicted octanol–water partition coefficient (Wildman–Crippen LogP) is 4.35. The van der Waals surface area contributed by atoms with Gasteiger partial charge in [0, 0.05) is 17.6 Å². The van der Waals surface area contributed by atoms with Gasteiger partial charge in [-0.05, 0) is 59.9 Å². The van der Waals surface area contributed by atoms with E-state index in [0.29, 0.717) is 5.02 Å². The molecule has 0 aliphatic heterocycles. The lowest BCUT2D eigenvalue weighted by Gasteiger charge is -2.15. The highest BCUT2D eigenvalue weighted by Gasteiger charge is 2.25. The molecule has 0 bridgehead atoms. The number of carbonyl (C=O) groups is 2. The molecule has 0 fully saturated rings. The second kappa shape index (κ2) is 12.3. The van der Waals surface area contributed by atoms with Crippen LogP contribution in [0.1, 0.15) is 18.4 Å². The van der Waals surface area contributed by atoms with Crippen LogP contribution in [0.3, 0.4) is 0 Å². The number of nitrogens with one attached hydrogen (secondary N) is 2. The van der Waals surface area contributed by atoms with E-state index in [-0.39, 0.29) is 30.2 Å². The number of rotatable bonds is 11. The zero-order valence-electron chi connectivity index (χ0n) is 18.7. The van der Waals surface area contributed by atoms with E-state index in [2.05, 4.69) is 10.0 Å². The van der Waals surface area contributed by atoms with Crippen molar-refractivity contribution in [2.75, 3.05) is 6.54 Å². The van der Waals surface area contributed by atoms with E-state index in [9.17, 15) is 23.1 Å². The van der Waals surface area contributed by atoms with Gasteiger partial charge in [0.05, 0.1) is 4.90 Å². The van der Waals surface area contributed by atoms with Gasteiger partial charge >= 0.3 is 5.97 Å². The van der Waals surface area contributed by atoms with E-state index in [1.807, 2.05) is 42.5 Å². The third kappa shape index (κ3) is 8.06. The molecule has 3 N–H and O–H groups in total. The van der Waals surface area contributed by atoms with Crippen LogP contribution in [0.2, 0.25) is 5.02 Å². The molecule has 1 amide bonds. The van der Waals surface area contributed by atoms with E-state index >= 15 is 0 Å². The minimum Gasteiger partial charge on any atom is -0.480 e. The first kappa shape index (κ1) is 26.2.